The molecule has 0 saturated carbocycles. The van der Waals surface area contributed by atoms with Crippen molar-refractivity contribution in [3.05, 3.63) is 11.5 Å². The summed E-state index contributed by atoms with van der Waals surface area (Å²) in [6.07, 6.45) is 3.42. The summed E-state index contributed by atoms with van der Waals surface area (Å²) in [7, 11) is 4.24. The SMILES string of the molecule is CCc1nc2n(c1N(C)C)C(C)CC(C)C2. The first kappa shape index (κ1) is 11.5. The molecule has 2 atom stereocenters. The number of nitrogens with zero attached hydrogens (tertiary/aromatic N) is 3. The van der Waals surface area contributed by atoms with E-state index in [4.69, 9.17) is 4.98 Å². The monoisotopic (exact) mass is 221 g/mol. The third kappa shape index (κ3) is 1.72. The fourth-order valence-corrected chi connectivity index (χ4v) is 2.92. The molecule has 1 aromatic heterocycles. The van der Waals surface area contributed by atoms with Gasteiger partial charge in [0.25, 0.3) is 0 Å². The van der Waals surface area contributed by atoms with E-state index in [2.05, 4.69) is 44.3 Å². The molecular formula is C13H23N3. The average molecular weight is 221 g/mol. The van der Waals surface area contributed by atoms with Crippen molar-refractivity contribution in [2.24, 2.45) is 5.92 Å². The normalized spacial score (nSPS) is 24.3. The van der Waals surface area contributed by atoms with Crippen molar-refractivity contribution >= 4 is 5.82 Å². The summed E-state index contributed by atoms with van der Waals surface area (Å²) in [6.45, 7) is 6.83. The Morgan fingerprint density at radius 2 is 2.06 bits per heavy atom. The second kappa shape index (κ2) is 4.11. The van der Waals surface area contributed by atoms with Gasteiger partial charge in [0.05, 0.1) is 5.69 Å². The number of aryl methyl sites for hydroxylation is 1. The number of imidazole rings is 1. The molecule has 3 nitrogen and oxygen atoms in total. The van der Waals surface area contributed by atoms with E-state index in [0.717, 1.165) is 18.8 Å². The fraction of sp³-hybridized carbons (Fsp3) is 0.769. The zero-order chi connectivity index (χ0) is 11.9. The summed E-state index contributed by atoms with van der Waals surface area (Å²) < 4.78 is 2.44. The first-order valence-electron chi connectivity index (χ1n) is 6.31. The smallest absolute Gasteiger partial charge is 0.131 e. The van der Waals surface area contributed by atoms with Gasteiger partial charge in [-0.05, 0) is 25.7 Å². The van der Waals surface area contributed by atoms with Gasteiger partial charge in [0.2, 0.25) is 0 Å². The van der Waals surface area contributed by atoms with E-state index in [1.54, 1.807) is 0 Å². The van der Waals surface area contributed by atoms with Crippen molar-refractivity contribution in [1.82, 2.24) is 9.55 Å². The van der Waals surface area contributed by atoms with Gasteiger partial charge in [-0.2, -0.15) is 0 Å². The lowest BCUT2D eigenvalue weighted by Gasteiger charge is -2.30. The zero-order valence-electron chi connectivity index (χ0n) is 11.1. The van der Waals surface area contributed by atoms with Crippen LogP contribution in [0.1, 0.15) is 44.8 Å². The Morgan fingerprint density at radius 3 is 2.62 bits per heavy atom. The quantitative estimate of drug-likeness (QED) is 0.765. The van der Waals surface area contributed by atoms with E-state index in [0.29, 0.717) is 6.04 Å². The van der Waals surface area contributed by atoms with Crippen molar-refractivity contribution in [1.29, 1.82) is 0 Å². The number of aromatic nitrogens is 2. The minimum absolute atomic E-state index is 0.587. The van der Waals surface area contributed by atoms with E-state index < -0.39 is 0 Å². The molecule has 3 heteroatoms. The van der Waals surface area contributed by atoms with Crippen LogP contribution in [0.15, 0.2) is 0 Å². The molecule has 0 saturated heterocycles. The highest BCUT2D eigenvalue weighted by molar-refractivity contribution is 5.46. The van der Waals surface area contributed by atoms with Crippen molar-refractivity contribution in [3.8, 4) is 0 Å². The van der Waals surface area contributed by atoms with E-state index in [1.165, 1.54) is 23.8 Å². The molecule has 2 rings (SSSR count). The molecule has 2 unspecified atom stereocenters. The molecule has 0 fully saturated rings. The van der Waals surface area contributed by atoms with Gasteiger partial charge in [0.15, 0.2) is 0 Å². The third-order valence-electron chi connectivity index (χ3n) is 3.50. The molecular weight excluding hydrogens is 198 g/mol. The maximum absolute atomic E-state index is 4.81. The Labute approximate surface area is 98.5 Å². The van der Waals surface area contributed by atoms with E-state index in [-0.39, 0.29) is 0 Å². The van der Waals surface area contributed by atoms with Gasteiger partial charge in [0.1, 0.15) is 11.6 Å². The largest absolute Gasteiger partial charge is 0.363 e. The lowest BCUT2D eigenvalue weighted by Crippen LogP contribution is -2.25. The second-order valence-electron chi connectivity index (χ2n) is 5.31. The molecule has 1 aromatic rings. The molecule has 1 aliphatic rings. The predicted molar refractivity (Wildman–Crippen MR) is 68.1 cm³/mol. The van der Waals surface area contributed by atoms with Gasteiger partial charge < -0.3 is 9.47 Å². The van der Waals surface area contributed by atoms with Gasteiger partial charge in [-0.1, -0.05) is 13.8 Å². The number of hydrogen-bond donors (Lipinski definition) is 0. The summed E-state index contributed by atoms with van der Waals surface area (Å²) in [4.78, 5) is 7.02. The number of anilines is 1. The van der Waals surface area contributed by atoms with Crippen molar-refractivity contribution in [2.75, 3.05) is 19.0 Å². The lowest BCUT2D eigenvalue weighted by molar-refractivity contribution is 0.344. The van der Waals surface area contributed by atoms with E-state index >= 15 is 0 Å². The lowest BCUT2D eigenvalue weighted by atomic mass is 9.95. The molecule has 2 heterocycles. The van der Waals surface area contributed by atoms with Crippen molar-refractivity contribution in [2.45, 2.75) is 46.1 Å². The van der Waals surface area contributed by atoms with Gasteiger partial charge in [-0.25, -0.2) is 4.98 Å². The van der Waals surface area contributed by atoms with Crippen LogP contribution in [0.3, 0.4) is 0 Å². The van der Waals surface area contributed by atoms with Gasteiger partial charge >= 0.3 is 0 Å². The highest BCUT2D eigenvalue weighted by Gasteiger charge is 2.27. The summed E-state index contributed by atoms with van der Waals surface area (Å²) in [5.74, 6) is 3.37. The van der Waals surface area contributed by atoms with Crippen molar-refractivity contribution in [3.63, 3.8) is 0 Å². The number of rotatable bonds is 2. The fourth-order valence-electron chi connectivity index (χ4n) is 2.92. The molecule has 0 aliphatic carbocycles. The molecule has 0 amide bonds. The Balaban J connectivity index is 2.52. The first-order valence-corrected chi connectivity index (χ1v) is 6.31. The Kier molecular flexibility index (Phi) is 2.96. The molecule has 0 spiro atoms. The predicted octanol–water partition coefficient (Wildman–Crippen LogP) is 2.65. The van der Waals surface area contributed by atoms with Crippen LogP contribution in [0, 0.1) is 5.92 Å². The van der Waals surface area contributed by atoms with Gasteiger partial charge in [0, 0.05) is 26.6 Å². The summed E-state index contributed by atoms with van der Waals surface area (Å²) in [6, 6.07) is 0.587. The maximum Gasteiger partial charge on any atom is 0.131 e. The Bertz CT molecular complexity index is 379. The topological polar surface area (TPSA) is 21.1 Å². The maximum atomic E-state index is 4.81. The molecule has 16 heavy (non-hydrogen) atoms. The van der Waals surface area contributed by atoms with E-state index in [1.807, 2.05) is 0 Å². The molecule has 0 aromatic carbocycles. The van der Waals surface area contributed by atoms with E-state index in [9.17, 15) is 0 Å². The summed E-state index contributed by atoms with van der Waals surface area (Å²) >= 11 is 0. The minimum Gasteiger partial charge on any atom is -0.363 e. The number of fused-ring (bicyclic) bond motifs is 1. The third-order valence-corrected chi connectivity index (χ3v) is 3.50. The summed E-state index contributed by atoms with van der Waals surface area (Å²) in [5.41, 5.74) is 1.25. The average Bonchev–Trinajstić information content (AvgIpc) is 2.55. The minimum atomic E-state index is 0.587. The van der Waals surface area contributed by atoms with Crippen molar-refractivity contribution < 1.29 is 0 Å². The van der Waals surface area contributed by atoms with Gasteiger partial charge in [-0.3, -0.25) is 0 Å². The Hall–Kier alpha value is -0.990. The van der Waals surface area contributed by atoms with Crippen LogP contribution in [-0.2, 0) is 12.8 Å². The molecule has 1 aliphatic heterocycles. The van der Waals surface area contributed by atoms with Crippen LogP contribution in [0.2, 0.25) is 0 Å². The molecule has 90 valence electrons. The highest BCUT2D eigenvalue weighted by Crippen LogP contribution is 2.34. The standard InChI is InChI=1S/C13H23N3/c1-6-11-13(15(4)5)16-10(3)7-9(2)8-12(16)14-11/h9-10H,6-8H2,1-5H3. The second-order valence-corrected chi connectivity index (χ2v) is 5.31. The molecule has 0 radical (unpaired) electrons. The molecule has 0 bridgehead atoms. The van der Waals surface area contributed by atoms with Crippen LogP contribution in [-0.4, -0.2) is 23.6 Å². The first-order chi connectivity index (χ1) is 7.54. The van der Waals surface area contributed by atoms with Gasteiger partial charge in [-0.15, -0.1) is 0 Å². The van der Waals surface area contributed by atoms with Crippen LogP contribution >= 0.6 is 0 Å². The number of hydrogen-bond acceptors (Lipinski definition) is 2. The molecule has 0 N–H and O–H groups in total. The van der Waals surface area contributed by atoms with Crippen LogP contribution in [0.5, 0.6) is 0 Å². The van der Waals surface area contributed by atoms with Crippen LogP contribution < -0.4 is 4.90 Å². The highest BCUT2D eigenvalue weighted by atomic mass is 15.3. The van der Waals surface area contributed by atoms with Crippen LogP contribution in [0.25, 0.3) is 0 Å². The Morgan fingerprint density at radius 1 is 1.38 bits per heavy atom. The van der Waals surface area contributed by atoms with Crippen LogP contribution in [0.4, 0.5) is 5.82 Å². The summed E-state index contributed by atoms with van der Waals surface area (Å²) in [5, 5.41) is 0. The zero-order valence-corrected chi connectivity index (χ0v) is 11.1.